The van der Waals surface area contributed by atoms with Crippen LogP contribution in [-0.2, 0) is 4.79 Å². The van der Waals surface area contributed by atoms with Crippen molar-refractivity contribution in [2.24, 2.45) is 0 Å². The SMILES string of the molecule is CCN1C(=O)S/C(=C/c2ccc(-c3ccc(C(=O)O)c(Cl)c3)o2)C1=O. The van der Waals surface area contributed by atoms with Crippen LogP contribution in [0, 0.1) is 0 Å². The molecule has 0 radical (unpaired) electrons. The molecule has 1 aromatic heterocycles. The van der Waals surface area contributed by atoms with Crippen LogP contribution in [0.15, 0.2) is 39.7 Å². The zero-order valence-electron chi connectivity index (χ0n) is 13.0. The molecule has 2 aromatic rings. The summed E-state index contributed by atoms with van der Waals surface area (Å²) in [5.41, 5.74) is 0.613. The lowest BCUT2D eigenvalue weighted by atomic mass is 10.1. The van der Waals surface area contributed by atoms with Crippen molar-refractivity contribution in [1.29, 1.82) is 0 Å². The number of nitrogens with zero attached hydrogens (tertiary/aromatic N) is 1. The first-order chi connectivity index (χ1) is 11.9. The zero-order valence-corrected chi connectivity index (χ0v) is 14.6. The molecule has 1 aliphatic rings. The van der Waals surface area contributed by atoms with Gasteiger partial charge in [0.15, 0.2) is 0 Å². The molecule has 1 fully saturated rings. The van der Waals surface area contributed by atoms with E-state index < -0.39 is 5.97 Å². The molecule has 25 heavy (non-hydrogen) atoms. The van der Waals surface area contributed by atoms with Crippen molar-refractivity contribution in [3.05, 3.63) is 51.6 Å². The molecule has 0 bridgehead atoms. The smallest absolute Gasteiger partial charge is 0.337 e. The Morgan fingerprint density at radius 1 is 1.32 bits per heavy atom. The molecule has 1 saturated heterocycles. The predicted octanol–water partition coefficient (Wildman–Crippen LogP) is 4.35. The first-order valence-electron chi connectivity index (χ1n) is 7.29. The van der Waals surface area contributed by atoms with E-state index >= 15 is 0 Å². The third kappa shape index (κ3) is 3.33. The van der Waals surface area contributed by atoms with Crippen LogP contribution in [-0.4, -0.2) is 33.7 Å². The number of thioether (sulfide) groups is 1. The molecular formula is C17H12ClNO5S. The molecule has 0 aliphatic carbocycles. The van der Waals surface area contributed by atoms with Gasteiger partial charge in [0.2, 0.25) is 0 Å². The van der Waals surface area contributed by atoms with Gasteiger partial charge in [0.05, 0.1) is 15.5 Å². The minimum atomic E-state index is -1.11. The van der Waals surface area contributed by atoms with Gasteiger partial charge in [-0.3, -0.25) is 14.5 Å². The number of furan rings is 1. The zero-order chi connectivity index (χ0) is 18.1. The molecule has 1 aliphatic heterocycles. The van der Waals surface area contributed by atoms with Gasteiger partial charge in [-0.1, -0.05) is 17.7 Å². The number of imide groups is 1. The van der Waals surface area contributed by atoms with Crippen LogP contribution in [0.3, 0.4) is 0 Å². The Balaban J connectivity index is 1.87. The summed E-state index contributed by atoms with van der Waals surface area (Å²) in [6.45, 7) is 2.05. The fraction of sp³-hybridized carbons (Fsp3) is 0.118. The van der Waals surface area contributed by atoms with Crippen LogP contribution in [0.4, 0.5) is 4.79 Å². The van der Waals surface area contributed by atoms with Crippen molar-refractivity contribution < 1.29 is 23.9 Å². The third-order valence-corrected chi connectivity index (χ3v) is 4.79. The number of hydrogen-bond donors (Lipinski definition) is 1. The highest BCUT2D eigenvalue weighted by Gasteiger charge is 2.33. The summed E-state index contributed by atoms with van der Waals surface area (Å²) in [6, 6.07) is 7.83. The van der Waals surface area contributed by atoms with Crippen molar-refractivity contribution in [2.45, 2.75) is 6.92 Å². The van der Waals surface area contributed by atoms with Gasteiger partial charge in [-0.15, -0.1) is 0 Å². The van der Waals surface area contributed by atoms with E-state index in [0.717, 1.165) is 16.7 Å². The van der Waals surface area contributed by atoms with Crippen molar-refractivity contribution in [1.82, 2.24) is 4.90 Å². The van der Waals surface area contributed by atoms with Gasteiger partial charge in [-0.25, -0.2) is 4.79 Å². The van der Waals surface area contributed by atoms with Crippen LogP contribution in [0.2, 0.25) is 5.02 Å². The number of amides is 2. The molecule has 2 amide bonds. The van der Waals surface area contributed by atoms with Crippen molar-refractivity contribution >= 4 is 46.6 Å². The fourth-order valence-electron chi connectivity index (χ4n) is 2.33. The Kier molecular flexibility index (Phi) is 4.69. The number of likely N-dealkylation sites (N-methyl/N-ethyl adjacent to an activating group) is 1. The van der Waals surface area contributed by atoms with Crippen LogP contribution < -0.4 is 0 Å². The lowest BCUT2D eigenvalue weighted by molar-refractivity contribution is -0.122. The second-order valence-corrected chi connectivity index (χ2v) is 6.53. The number of carboxylic acid groups (broad SMARTS) is 1. The summed E-state index contributed by atoms with van der Waals surface area (Å²) in [5, 5.41) is 8.80. The molecule has 128 valence electrons. The third-order valence-electron chi connectivity index (χ3n) is 3.57. The molecule has 2 heterocycles. The number of carbonyl (C=O) groups is 3. The molecule has 0 atom stereocenters. The minimum absolute atomic E-state index is 0.00503. The average Bonchev–Trinajstić information content (AvgIpc) is 3.12. The van der Waals surface area contributed by atoms with Gasteiger partial charge in [0.25, 0.3) is 11.1 Å². The van der Waals surface area contributed by atoms with Crippen LogP contribution in [0.5, 0.6) is 0 Å². The Morgan fingerprint density at radius 2 is 2.08 bits per heavy atom. The Morgan fingerprint density at radius 3 is 2.68 bits per heavy atom. The van der Waals surface area contributed by atoms with Crippen LogP contribution in [0.25, 0.3) is 17.4 Å². The molecule has 1 aromatic carbocycles. The molecule has 0 unspecified atom stereocenters. The maximum absolute atomic E-state index is 12.1. The predicted molar refractivity (Wildman–Crippen MR) is 94.5 cm³/mol. The number of rotatable bonds is 4. The average molecular weight is 378 g/mol. The highest BCUT2D eigenvalue weighted by molar-refractivity contribution is 8.18. The maximum Gasteiger partial charge on any atom is 0.337 e. The second kappa shape index (κ2) is 6.78. The molecular weight excluding hydrogens is 366 g/mol. The van der Waals surface area contributed by atoms with Crippen LogP contribution >= 0.6 is 23.4 Å². The number of halogens is 1. The van der Waals surface area contributed by atoms with Gasteiger partial charge in [0, 0.05) is 18.2 Å². The first kappa shape index (κ1) is 17.3. The van der Waals surface area contributed by atoms with E-state index in [2.05, 4.69) is 0 Å². The first-order valence-corrected chi connectivity index (χ1v) is 8.48. The highest BCUT2D eigenvalue weighted by Crippen LogP contribution is 2.33. The monoisotopic (exact) mass is 377 g/mol. The van der Waals surface area contributed by atoms with Crippen molar-refractivity contribution in [2.75, 3.05) is 6.54 Å². The summed E-state index contributed by atoms with van der Waals surface area (Å²) >= 11 is 6.83. The van der Waals surface area contributed by atoms with E-state index in [-0.39, 0.29) is 21.7 Å². The minimum Gasteiger partial charge on any atom is -0.478 e. The number of hydrogen-bond acceptors (Lipinski definition) is 5. The number of carbonyl (C=O) groups excluding carboxylic acids is 2. The van der Waals surface area contributed by atoms with E-state index in [0.29, 0.717) is 28.5 Å². The summed E-state index contributed by atoms with van der Waals surface area (Å²) < 4.78 is 5.66. The molecule has 3 rings (SSSR count). The molecule has 0 spiro atoms. The van der Waals surface area contributed by atoms with Gasteiger partial charge in [0.1, 0.15) is 11.5 Å². The summed E-state index contributed by atoms with van der Waals surface area (Å²) in [6.07, 6.45) is 1.51. The van der Waals surface area contributed by atoms with Gasteiger partial charge in [-0.2, -0.15) is 0 Å². The number of carboxylic acids is 1. The topological polar surface area (TPSA) is 87.8 Å². The number of benzene rings is 1. The lowest BCUT2D eigenvalue weighted by Gasteiger charge is -2.06. The Bertz CT molecular complexity index is 918. The summed E-state index contributed by atoms with van der Waals surface area (Å²) in [5.74, 6) is -0.567. The molecule has 8 heteroatoms. The quantitative estimate of drug-likeness (QED) is 0.797. The Labute approximate surface area is 152 Å². The lowest BCUT2D eigenvalue weighted by Crippen LogP contribution is -2.27. The number of aromatic carboxylic acids is 1. The summed E-state index contributed by atoms with van der Waals surface area (Å²) in [7, 11) is 0. The molecule has 6 nitrogen and oxygen atoms in total. The highest BCUT2D eigenvalue weighted by atomic mass is 35.5. The van der Waals surface area contributed by atoms with E-state index in [1.54, 1.807) is 25.1 Å². The van der Waals surface area contributed by atoms with Crippen molar-refractivity contribution in [3.63, 3.8) is 0 Å². The normalized spacial score (nSPS) is 16.1. The molecule has 0 saturated carbocycles. The van der Waals surface area contributed by atoms with Crippen molar-refractivity contribution in [3.8, 4) is 11.3 Å². The van der Waals surface area contributed by atoms with E-state index in [1.165, 1.54) is 18.2 Å². The molecule has 1 N–H and O–H groups in total. The van der Waals surface area contributed by atoms with Gasteiger partial charge < -0.3 is 9.52 Å². The Hall–Kier alpha value is -2.51. The maximum atomic E-state index is 12.1. The fourth-order valence-corrected chi connectivity index (χ4v) is 3.47. The second-order valence-electron chi connectivity index (χ2n) is 5.13. The summed E-state index contributed by atoms with van der Waals surface area (Å²) in [4.78, 5) is 36.2. The van der Waals surface area contributed by atoms with E-state index in [4.69, 9.17) is 21.1 Å². The van der Waals surface area contributed by atoms with E-state index in [1.807, 2.05) is 0 Å². The van der Waals surface area contributed by atoms with Gasteiger partial charge in [-0.05, 0) is 43.0 Å². The van der Waals surface area contributed by atoms with Gasteiger partial charge >= 0.3 is 5.97 Å². The van der Waals surface area contributed by atoms with E-state index in [9.17, 15) is 14.4 Å². The standard InChI is InChI=1S/C17H12ClNO5S/c1-2-19-15(20)14(25-17(19)23)8-10-4-6-13(24-10)9-3-5-11(16(21)22)12(18)7-9/h3-8H,2H2,1H3,(H,21,22)/b14-8+. The van der Waals surface area contributed by atoms with Crippen LogP contribution in [0.1, 0.15) is 23.0 Å². The largest absolute Gasteiger partial charge is 0.478 e.